The molecule has 5 rings (SSSR count). The van der Waals surface area contributed by atoms with Gasteiger partial charge in [0.25, 0.3) is 0 Å². The molecular weight excluding hydrogens is 392 g/mol. The van der Waals surface area contributed by atoms with E-state index in [0.717, 1.165) is 57.4 Å². The minimum Gasteiger partial charge on any atom is -0.456 e. The average molecular weight is 419 g/mol. The van der Waals surface area contributed by atoms with Crippen molar-refractivity contribution in [1.29, 1.82) is 0 Å². The third-order valence-corrected chi connectivity index (χ3v) is 5.94. The zero-order chi connectivity index (χ0) is 21.9. The molecule has 0 amide bonds. The van der Waals surface area contributed by atoms with Gasteiger partial charge in [-0.15, -0.1) is 0 Å². The number of hydrogen-bond acceptors (Lipinski definition) is 2. The van der Waals surface area contributed by atoms with Gasteiger partial charge in [0.15, 0.2) is 0 Å². The quantitative estimate of drug-likeness (QED) is 0.257. The molecule has 0 aliphatic rings. The molecule has 0 atom stereocenters. The Hall–Kier alpha value is -3.78. The van der Waals surface area contributed by atoms with Gasteiger partial charge in [-0.2, -0.15) is 0 Å². The van der Waals surface area contributed by atoms with Gasteiger partial charge >= 0.3 is 0 Å². The molecule has 0 spiro atoms. The summed E-state index contributed by atoms with van der Waals surface area (Å²) in [5.41, 5.74) is 2.59. The van der Waals surface area contributed by atoms with Gasteiger partial charge in [0.2, 0.25) is 0 Å². The molecule has 5 aromatic rings. The van der Waals surface area contributed by atoms with E-state index in [2.05, 4.69) is 62.4 Å². The Morgan fingerprint density at radius 1 is 0.438 bits per heavy atom. The summed E-state index contributed by atoms with van der Waals surface area (Å²) in [7, 11) is 0. The molecule has 0 fully saturated rings. The van der Waals surface area contributed by atoms with E-state index in [1.54, 1.807) is 0 Å². The topological polar surface area (TPSA) is 18.5 Å². The molecule has 5 aromatic carbocycles. The zero-order valence-electron chi connectivity index (χ0n) is 18.5. The Balaban J connectivity index is 1.67. The molecule has 0 heterocycles. The van der Waals surface area contributed by atoms with Crippen LogP contribution < -0.4 is 9.47 Å². The molecule has 0 N–H and O–H groups in total. The lowest BCUT2D eigenvalue weighted by atomic mass is 10.0. The van der Waals surface area contributed by atoms with Gasteiger partial charge in [-0.25, -0.2) is 0 Å². The summed E-state index contributed by atoms with van der Waals surface area (Å²) >= 11 is 0. The maximum absolute atomic E-state index is 6.48. The van der Waals surface area contributed by atoms with Gasteiger partial charge in [-0.1, -0.05) is 86.6 Å². The van der Waals surface area contributed by atoms with Crippen molar-refractivity contribution in [2.75, 3.05) is 0 Å². The van der Waals surface area contributed by atoms with Gasteiger partial charge < -0.3 is 9.47 Å². The van der Waals surface area contributed by atoms with Crippen molar-refractivity contribution < 1.29 is 9.47 Å². The molecule has 0 bridgehead atoms. The number of hydrogen-bond donors (Lipinski definition) is 0. The molecule has 2 heteroatoms. The minimum absolute atomic E-state index is 0.835. The first kappa shape index (κ1) is 20.1. The van der Waals surface area contributed by atoms with Crippen LogP contribution in [0.4, 0.5) is 0 Å². The molecule has 0 radical (unpaired) electrons. The van der Waals surface area contributed by atoms with Crippen LogP contribution in [-0.2, 0) is 12.8 Å². The Morgan fingerprint density at radius 2 is 0.750 bits per heavy atom. The smallest absolute Gasteiger partial charge is 0.143 e. The second-order valence-corrected chi connectivity index (χ2v) is 7.95. The molecule has 0 aromatic heterocycles. The molecule has 0 saturated carbocycles. The van der Waals surface area contributed by atoms with Gasteiger partial charge in [0.05, 0.1) is 0 Å². The number of benzene rings is 5. The molecule has 2 nitrogen and oxygen atoms in total. The molecule has 0 unspecified atom stereocenters. The third kappa shape index (κ3) is 3.80. The largest absolute Gasteiger partial charge is 0.456 e. The predicted molar refractivity (Wildman–Crippen MR) is 133 cm³/mol. The third-order valence-electron chi connectivity index (χ3n) is 5.94. The molecule has 0 aliphatic heterocycles. The van der Waals surface area contributed by atoms with Crippen molar-refractivity contribution in [3.8, 4) is 23.0 Å². The van der Waals surface area contributed by atoms with Crippen molar-refractivity contribution >= 4 is 21.5 Å². The van der Waals surface area contributed by atoms with Gasteiger partial charge in [-0.3, -0.25) is 0 Å². The van der Waals surface area contributed by atoms with Crippen molar-refractivity contribution in [3.05, 3.63) is 108 Å². The summed E-state index contributed by atoms with van der Waals surface area (Å²) in [5, 5.41) is 4.13. The van der Waals surface area contributed by atoms with Gasteiger partial charge in [-0.05, 0) is 48.2 Å². The SMILES string of the molecule is CCc1ccc(Oc2c3ccccc3c(Oc3ccc(CC)cc3)c3ccccc23)cc1. The maximum Gasteiger partial charge on any atom is 0.143 e. The lowest BCUT2D eigenvalue weighted by molar-refractivity contribution is 0.485. The average Bonchev–Trinajstić information content (AvgIpc) is 2.86. The van der Waals surface area contributed by atoms with E-state index in [9.17, 15) is 0 Å². The standard InChI is InChI=1S/C30H26O2/c1-3-21-13-17-23(18-14-21)31-29-25-9-5-7-11-27(25)30(28-12-8-6-10-26(28)29)32-24-19-15-22(4-2)16-20-24/h5-20H,3-4H2,1-2H3. The Kier molecular flexibility index (Phi) is 5.51. The number of ether oxygens (including phenoxy) is 2. The highest BCUT2D eigenvalue weighted by Crippen LogP contribution is 2.45. The minimum atomic E-state index is 0.835. The normalized spacial score (nSPS) is 11.1. The van der Waals surface area contributed by atoms with E-state index in [-0.39, 0.29) is 0 Å². The fourth-order valence-corrected chi connectivity index (χ4v) is 4.09. The Bertz CT molecular complexity index is 1200. The van der Waals surface area contributed by atoms with Crippen LogP contribution in [0.25, 0.3) is 21.5 Å². The van der Waals surface area contributed by atoms with Crippen LogP contribution in [0.15, 0.2) is 97.1 Å². The monoisotopic (exact) mass is 418 g/mol. The van der Waals surface area contributed by atoms with Crippen LogP contribution >= 0.6 is 0 Å². The molecule has 32 heavy (non-hydrogen) atoms. The van der Waals surface area contributed by atoms with Crippen LogP contribution in [0.2, 0.25) is 0 Å². The first-order valence-electron chi connectivity index (χ1n) is 11.2. The molecular formula is C30H26O2. The number of fused-ring (bicyclic) bond motifs is 2. The fourth-order valence-electron chi connectivity index (χ4n) is 4.09. The summed E-state index contributed by atoms with van der Waals surface area (Å²) in [6.45, 7) is 4.32. The van der Waals surface area contributed by atoms with E-state index in [0.29, 0.717) is 0 Å². The van der Waals surface area contributed by atoms with Crippen LogP contribution in [0.5, 0.6) is 23.0 Å². The summed E-state index contributed by atoms with van der Waals surface area (Å²) in [5.74, 6) is 3.38. The zero-order valence-corrected chi connectivity index (χ0v) is 18.5. The second kappa shape index (κ2) is 8.76. The van der Waals surface area contributed by atoms with E-state index in [1.807, 2.05) is 48.5 Å². The predicted octanol–water partition coefficient (Wildman–Crippen LogP) is 8.70. The van der Waals surface area contributed by atoms with Gasteiger partial charge in [0.1, 0.15) is 23.0 Å². The van der Waals surface area contributed by atoms with Crippen molar-refractivity contribution in [1.82, 2.24) is 0 Å². The first-order chi connectivity index (χ1) is 15.8. The van der Waals surface area contributed by atoms with E-state index in [1.165, 1.54) is 11.1 Å². The first-order valence-corrected chi connectivity index (χ1v) is 11.2. The maximum atomic E-state index is 6.48. The summed E-state index contributed by atoms with van der Waals surface area (Å²) < 4.78 is 13.0. The van der Waals surface area contributed by atoms with Crippen LogP contribution in [0, 0.1) is 0 Å². The Morgan fingerprint density at radius 3 is 1.03 bits per heavy atom. The van der Waals surface area contributed by atoms with Crippen LogP contribution in [0.3, 0.4) is 0 Å². The van der Waals surface area contributed by atoms with E-state index in [4.69, 9.17) is 9.47 Å². The number of aryl methyl sites for hydroxylation is 2. The van der Waals surface area contributed by atoms with Crippen molar-refractivity contribution in [2.24, 2.45) is 0 Å². The number of rotatable bonds is 6. The van der Waals surface area contributed by atoms with Crippen molar-refractivity contribution in [2.45, 2.75) is 26.7 Å². The van der Waals surface area contributed by atoms with Crippen LogP contribution in [0.1, 0.15) is 25.0 Å². The van der Waals surface area contributed by atoms with E-state index >= 15 is 0 Å². The van der Waals surface area contributed by atoms with E-state index < -0.39 is 0 Å². The summed E-state index contributed by atoms with van der Waals surface area (Å²) in [6, 6.07) is 33.3. The molecule has 0 saturated heterocycles. The molecule has 158 valence electrons. The lowest BCUT2D eigenvalue weighted by Gasteiger charge is -2.18. The summed E-state index contributed by atoms with van der Waals surface area (Å²) in [6.07, 6.45) is 2.02. The second-order valence-electron chi connectivity index (χ2n) is 7.95. The molecule has 0 aliphatic carbocycles. The van der Waals surface area contributed by atoms with Crippen molar-refractivity contribution in [3.63, 3.8) is 0 Å². The Labute approximate surface area is 189 Å². The fraction of sp³-hybridized carbons (Fsp3) is 0.133. The summed E-state index contributed by atoms with van der Waals surface area (Å²) in [4.78, 5) is 0. The highest BCUT2D eigenvalue weighted by Gasteiger charge is 2.17. The highest BCUT2D eigenvalue weighted by atomic mass is 16.5. The van der Waals surface area contributed by atoms with Crippen LogP contribution in [-0.4, -0.2) is 0 Å². The lowest BCUT2D eigenvalue weighted by Crippen LogP contribution is -1.93. The highest BCUT2D eigenvalue weighted by molar-refractivity contribution is 6.11. The van der Waals surface area contributed by atoms with Gasteiger partial charge in [0, 0.05) is 21.5 Å².